The fourth-order valence-corrected chi connectivity index (χ4v) is 3.36. The quantitative estimate of drug-likeness (QED) is 0.759. The highest BCUT2D eigenvalue weighted by Crippen LogP contribution is 2.30. The number of benzene rings is 2. The van der Waals surface area contributed by atoms with Crippen molar-refractivity contribution in [3.05, 3.63) is 65.2 Å². The van der Waals surface area contributed by atoms with Crippen molar-refractivity contribution < 1.29 is 14.3 Å². The zero-order chi connectivity index (χ0) is 20.1. The fraction of sp³-hybridized carbons (Fsp3) is 0.391. The van der Waals surface area contributed by atoms with Crippen molar-refractivity contribution in [2.24, 2.45) is 5.92 Å². The van der Waals surface area contributed by atoms with Gasteiger partial charge in [0.15, 0.2) is 0 Å². The van der Waals surface area contributed by atoms with E-state index >= 15 is 0 Å². The topological polar surface area (TPSA) is 70.7 Å². The smallest absolute Gasteiger partial charge is 0.251 e. The summed E-state index contributed by atoms with van der Waals surface area (Å²) in [7, 11) is 0. The summed E-state index contributed by atoms with van der Waals surface area (Å²) in [6.07, 6.45) is 1.95. The van der Waals surface area contributed by atoms with E-state index in [1.165, 1.54) is 5.56 Å². The van der Waals surface area contributed by atoms with Crippen LogP contribution in [0.5, 0.6) is 0 Å². The van der Waals surface area contributed by atoms with Gasteiger partial charge in [-0.3, -0.25) is 14.5 Å². The minimum absolute atomic E-state index is 0.0688. The Bertz CT molecular complexity index is 839. The van der Waals surface area contributed by atoms with E-state index in [4.69, 9.17) is 4.74 Å². The van der Waals surface area contributed by atoms with Gasteiger partial charge >= 0.3 is 0 Å². The lowest BCUT2D eigenvalue weighted by Crippen LogP contribution is -2.35. The zero-order valence-electron chi connectivity index (χ0n) is 16.5. The SMILES string of the molecule is O=C(NCc1ccc(CN2CCOCC2)cc1)c1ccc(NC(=O)C2CC2)cc1. The lowest BCUT2D eigenvalue weighted by molar-refractivity contribution is -0.117. The van der Waals surface area contributed by atoms with E-state index in [0.717, 1.165) is 56.9 Å². The Morgan fingerprint density at radius 1 is 0.931 bits per heavy atom. The summed E-state index contributed by atoms with van der Waals surface area (Å²) in [5.41, 5.74) is 3.65. The van der Waals surface area contributed by atoms with Gasteiger partial charge in [0.25, 0.3) is 5.91 Å². The molecule has 1 heterocycles. The second-order valence-corrected chi connectivity index (χ2v) is 7.73. The van der Waals surface area contributed by atoms with Gasteiger partial charge in [0.2, 0.25) is 5.91 Å². The Morgan fingerprint density at radius 3 is 2.24 bits per heavy atom. The summed E-state index contributed by atoms with van der Waals surface area (Å²) in [5, 5.41) is 5.83. The number of ether oxygens (including phenoxy) is 1. The van der Waals surface area contributed by atoms with Crippen LogP contribution >= 0.6 is 0 Å². The van der Waals surface area contributed by atoms with Crippen molar-refractivity contribution in [3.63, 3.8) is 0 Å². The van der Waals surface area contributed by atoms with Gasteiger partial charge in [0.05, 0.1) is 13.2 Å². The molecule has 2 aliphatic rings. The van der Waals surface area contributed by atoms with Crippen LogP contribution in [0.25, 0.3) is 0 Å². The summed E-state index contributed by atoms with van der Waals surface area (Å²) < 4.78 is 5.38. The first-order valence-electron chi connectivity index (χ1n) is 10.2. The fourth-order valence-electron chi connectivity index (χ4n) is 3.36. The van der Waals surface area contributed by atoms with E-state index in [0.29, 0.717) is 12.1 Å². The van der Waals surface area contributed by atoms with Crippen LogP contribution in [-0.4, -0.2) is 43.0 Å². The molecule has 2 aromatic rings. The first-order chi connectivity index (χ1) is 14.2. The molecule has 29 heavy (non-hydrogen) atoms. The summed E-state index contributed by atoms with van der Waals surface area (Å²) in [6.45, 7) is 4.97. The van der Waals surface area contributed by atoms with Crippen molar-refractivity contribution in [2.45, 2.75) is 25.9 Å². The van der Waals surface area contributed by atoms with Crippen molar-refractivity contribution in [1.82, 2.24) is 10.2 Å². The Hall–Kier alpha value is -2.70. The molecule has 0 spiro atoms. The van der Waals surface area contributed by atoms with E-state index in [1.807, 2.05) is 0 Å². The number of amides is 2. The van der Waals surface area contributed by atoms with Crippen molar-refractivity contribution in [1.29, 1.82) is 0 Å². The molecule has 1 saturated heterocycles. The first kappa shape index (κ1) is 19.6. The molecule has 2 amide bonds. The maximum Gasteiger partial charge on any atom is 0.251 e. The largest absolute Gasteiger partial charge is 0.379 e. The van der Waals surface area contributed by atoms with Crippen LogP contribution in [-0.2, 0) is 22.6 Å². The van der Waals surface area contributed by atoms with Gasteiger partial charge in [-0.15, -0.1) is 0 Å². The van der Waals surface area contributed by atoms with Crippen LogP contribution in [0.4, 0.5) is 5.69 Å². The summed E-state index contributed by atoms with van der Waals surface area (Å²) in [4.78, 5) is 26.6. The van der Waals surface area contributed by atoms with Gasteiger partial charge in [-0.05, 0) is 48.2 Å². The van der Waals surface area contributed by atoms with E-state index in [-0.39, 0.29) is 17.7 Å². The lowest BCUT2D eigenvalue weighted by atomic mass is 10.1. The van der Waals surface area contributed by atoms with Crippen LogP contribution in [0.3, 0.4) is 0 Å². The average Bonchev–Trinajstić information content (AvgIpc) is 3.60. The van der Waals surface area contributed by atoms with E-state index < -0.39 is 0 Å². The monoisotopic (exact) mass is 393 g/mol. The van der Waals surface area contributed by atoms with Gasteiger partial charge < -0.3 is 15.4 Å². The van der Waals surface area contributed by atoms with Crippen LogP contribution in [0.1, 0.15) is 34.3 Å². The molecule has 1 saturated carbocycles. The maximum absolute atomic E-state index is 12.4. The molecule has 2 fully saturated rings. The Kier molecular flexibility index (Phi) is 6.22. The number of hydrogen-bond donors (Lipinski definition) is 2. The number of rotatable bonds is 7. The summed E-state index contributed by atoms with van der Waals surface area (Å²) in [6, 6.07) is 15.4. The number of carbonyl (C=O) groups excluding carboxylic acids is 2. The molecule has 6 heteroatoms. The zero-order valence-corrected chi connectivity index (χ0v) is 16.5. The van der Waals surface area contributed by atoms with Crippen molar-refractivity contribution in [3.8, 4) is 0 Å². The molecule has 0 bridgehead atoms. The van der Waals surface area contributed by atoms with Gasteiger partial charge in [-0.25, -0.2) is 0 Å². The van der Waals surface area contributed by atoms with Crippen LogP contribution in [0.2, 0.25) is 0 Å². The molecule has 152 valence electrons. The molecule has 2 N–H and O–H groups in total. The third kappa shape index (κ3) is 5.65. The number of nitrogens with one attached hydrogen (secondary N) is 2. The number of hydrogen-bond acceptors (Lipinski definition) is 4. The molecule has 1 aliphatic carbocycles. The highest BCUT2D eigenvalue weighted by Gasteiger charge is 2.29. The molecule has 0 radical (unpaired) electrons. The maximum atomic E-state index is 12.4. The number of nitrogens with zero attached hydrogens (tertiary/aromatic N) is 1. The number of carbonyl (C=O) groups is 2. The summed E-state index contributed by atoms with van der Waals surface area (Å²) in [5.74, 6) is 0.111. The molecule has 0 unspecified atom stereocenters. The number of morpholine rings is 1. The van der Waals surface area contributed by atoms with Crippen molar-refractivity contribution in [2.75, 3.05) is 31.6 Å². The molecule has 1 aliphatic heterocycles. The molecule has 0 aromatic heterocycles. The molecule has 2 aromatic carbocycles. The van der Waals surface area contributed by atoms with E-state index in [9.17, 15) is 9.59 Å². The average molecular weight is 393 g/mol. The first-order valence-corrected chi connectivity index (χ1v) is 10.2. The van der Waals surface area contributed by atoms with Crippen LogP contribution in [0.15, 0.2) is 48.5 Å². The Labute approximate surface area is 171 Å². The van der Waals surface area contributed by atoms with Gasteiger partial charge in [0, 0.05) is 43.3 Å². The standard InChI is InChI=1S/C23H27N3O3/c27-22(19-7-9-21(10-8-19)25-23(28)20-5-6-20)24-15-17-1-3-18(4-2-17)16-26-11-13-29-14-12-26/h1-4,7-10,20H,5-6,11-16H2,(H,24,27)(H,25,28). The van der Waals surface area contributed by atoms with Gasteiger partial charge in [0.1, 0.15) is 0 Å². The van der Waals surface area contributed by atoms with E-state index in [2.05, 4.69) is 39.8 Å². The molecular formula is C23H27N3O3. The van der Waals surface area contributed by atoms with Gasteiger partial charge in [-0.2, -0.15) is 0 Å². The van der Waals surface area contributed by atoms with Crippen molar-refractivity contribution >= 4 is 17.5 Å². The molecule has 0 atom stereocenters. The highest BCUT2D eigenvalue weighted by atomic mass is 16.5. The second kappa shape index (κ2) is 9.20. The predicted octanol–water partition coefficient (Wildman–Crippen LogP) is 2.80. The van der Waals surface area contributed by atoms with Crippen LogP contribution < -0.4 is 10.6 Å². The second-order valence-electron chi connectivity index (χ2n) is 7.73. The number of anilines is 1. The summed E-state index contributed by atoms with van der Waals surface area (Å²) >= 11 is 0. The van der Waals surface area contributed by atoms with Crippen LogP contribution in [0, 0.1) is 5.92 Å². The molecule has 4 rings (SSSR count). The third-order valence-electron chi connectivity index (χ3n) is 5.35. The molecule has 6 nitrogen and oxygen atoms in total. The minimum Gasteiger partial charge on any atom is -0.379 e. The Balaban J connectivity index is 1.24. The normalized spacial score (nSPS) is 17.0. The third-order valence-corrected chi connectivity index (χ3v) is 5.35. The van der Waals surface area contributed by atoms with E-state index in [1.54, 1.807) is 24.3 Å². The lowest BCUT2D eigenvalue weighted by Gasteiger charge is -2.26. The molecular weight excluding hydrogens is 366 g/mol. The van der Waals surface area contributed by atoms with Gasteiger partial charge in [-0.1, -0.05) is 24.3 Å². The minimum atomic E-state index is -0.123. The highest BCUT2D eigenvalue weighted by molar-refractivity contribution is 5.96. The predicted molar refractivity (Wildman–Crippen MR) is 112 cm³/mol. The Morgan fingerprint density at radius 2 is 1.59 bits per heavy atom.